The van der Waals surface area contributed by atoms with Crippen molar-refractivity contribution in [3.63, 3.8) is 0 Å². The van der Waals surface area contributed by atoms with Gasteiger partial charge in [-0.2, -0.15) is 9.78 Å². The Morgan fingerprint density at radius 1 is 1.24 bits per heavy atom. The Morgan fingerprint density at radius 3 is 2.80 bits per heavy atom. The summed E-state index contributed by atoms with van der Waals surface area (Å²) in [4.78, 5) is 20.1. The average molecular weight is 353 g/mol. The number of aromatic nitrogens is 3. The number of hydrogen-bond acceptors (Lipinski definition) is 4. The molecule has 1 N–H and O–H groups in total. The van der Waals surface area contributed by atoms with E-state index in [-0.39, 0.29) is 5.56 Å². The monoisotopic (exact) mass is 352 g/mol. The number of aromatic amines is 1. The van der Waals surface area contributed by atoms with Crippen LogP contribution < -0.4 is 10.3 Å². The standard InChI is InChI=1S/C18H13ClN4O2/c1-25-13-6-7-14-15(8-13)22-17-16(14)20-10-23(18(17)24)21-9-11-2-4-12(19)5-3-11/h2-10,22H,1H3/b21-9-. The predicted octanol–water partition coefficient (Wildman–Crippen LogP) is 3.42. The summed E-state index contributed by atoms with van der Waals surface area (Å²) < 4.78 is 6.41. The molecule has 0 saturated heterocycles. The van der Waals surface area contributed by atoms with Gasteiger partial charge in [-0.05, 0) is 29.8 Å². The summed E-state index contributed by atoms with van der Waals surface area (Å²) in [6.07, 6.45) is 2.99. The number of methoxy groups -OCH3 is 1. The molecule has 0 fully saturated rings. The largest absolute Gasteiger partial charge is 0.497 e. The third kappa shape index (κ3) is 2.77. The third-order valence-electron chi connectivity index (χ3n) is 3.90. The molecule has 0 radical (unpaired) electrons. The second-order valence-corrected chi connectivity index (χ2v) is 5.89. The zero-order chi connectivity index (χ0) is 17.4. The van der Waals surface area contributed by atoms with Gasteiger partial charge in [-0.1, -0.05) is 23.7 Å². The molecule has 6 nitrogen and oxygen atoms in total. The normalized spacial score (nSPS) is 11.6. The van der Waals surface area contributed by atoms with Gasteiger partial charge in [-0.15, -0.1) is 0 Å². The lowest BCUT2D eigenvalue weighted by Gasteiger charge is -1.98. The fourth-order valence-corrected chi connectivity index (χ4v) is 2.74. The maximum atomic E-state index is 12.7. The van der Waals surface area contributed by atoms with E-state index in [1.165, 1.54) is 11.0 Å². The first-order chi connectivity index (χ1) is 12.2. The van der Waals surface area contributed by atoms with Gasteiger partial charge in [0.15, 0.2) is 0 Å². The van der Waals surface area contributed by atoms with Crippen LogP contribution in [0.4, 0.5) is 0 Å². The zero-order valence-corrected chi connectivity index (χ0v) is 14.0. The lowest BCUT2D eigenvalue weighted by molar-refractivity contribution is 0.415. The van der Waals surface area contributed by atoms with E-state index >= 15 is 0 Å². The minimum Gasteiger partial charge on any atom is -0.497 e. The van der Waals surface area contributed by atoms with Crippen LogP contribution in [0.25, 0.3) is 21.9 Å². The number of nitrogens with one attached hydrogen (secondary N) is 1. The fourth-order valence-electron chi connectivity index (χ4n) is 2.62. The number of ether oxygens (including phenoxy) is 1. The number of benzene rings is 2. The van der Waals surface area contributed by atoms with Crippen LogP contribution in [0.2, 0.25) is 5.02 Å². The van der Waals surface area contributed by atoms with Crippen molar-refractivity contribution in [1.82, 2.24) is 14.6 Å². The van der Waals surface area contributed by atoms with E-state index in [1.807, 2.05) is 30.3 Å². The summed E-state index contributed by atoms with van der Waals surface area (Å²) in [5.74, 6) is 0.708. The molecular weight excluding hydrogens is 340 g/mol. The molecule has 25 heavy (non-hydrogen) atoms. The summed E-state index contributed by atoms with van der Waals surface area (Å²) in [5.41, 5.74) is 2.36. The highest BCUT2D eigenvalue weighted by molar-refractivity contribution is 6.30. The molecular formula is C18H13ClN4O2. The minimum absolute atomic E-state index is 0.273. The van der Waals surface area contributed by atoms with E-state index in [0.29, 0.717) is 21.8 Å². The van der Waals surface area contributed by atoms with Gasteiger partial charge in [0, 0.05) is 16.5 Å². The van der Waals surface area contributed by atoms with Crippen LogP contribution in [0.5, 0.6) is 5.75 Å². The van der Waals surface area contributed by atoms with Crippen LogP contribution in [0.1, 0.15) is 5.56 Å². The maximum Gasteiger partial charge on any atom is 0.298 e. The van der Waals surface area contributed by atoms with Crippen molar-refractivity contribution in [2.45, 2.75) is 0 Å². The van der Waals surface area contributed by atoms with E-state index in [1.54, 1.807) is 25.5 Å². The molecule has 0 unspecified atom stereocenters. The highest BCUT2D eigenvalue weighted by Crippen LogP contribution is 2.25. The van der Waals surface area contributed by atoms with Crippen LogP contribution in [-0.2, 0) is 0 Å². The summed E-state index contributed by atoms with van der Waals surface area (Å²) in [6.45, 7) is 0. The van der Waals surface area contributed by atoms with E-state index in [0.717, 1.165) is 16.5 Å². The molecule has 0 atom stereocenters. The summed E-state index contributed by atoms with van der Waals surface area (Å²) in [7, 11) is 1.60. The number of H-pyrrole nitrogens is 1. The highest BCUT2D eigenvalue weighted by Gasteiger charge is 2.11. The van der Waals surface area contributed by atoms with E-state index in [4.69, 9.17) is 16.3 Å². The van der Waals surface area contributed by atoms with Gasteiger partial charge in [0.1, 0.15) is 23.1 Å². The van der Waals surface area contributed by atoms with Crippen LogP contribution in [0.3, 0.4) is 0 Å². The molecule has 2 aromatic carbocycles. The van der Waals surface area contributed by atoms with Crippen molar-refractivity contribution >= 4 is 39.8 Å². The second kappa shape index (κ2) is 6.07. The summed E-state index contributed by atoms with van der Waals surface area (Å²) in [6, 6.07) is 12.7. The van der Waals surface area contributed by atoms with E-state index in [9.17, 15) is 4.79 Å². The van der Waals surface area contributed by atoms with Gasteiger partial charge in [0.2, 0.25) is 0 Å². The van der Waals surface area contributed by atoms with Crippen molar-refractivity contribution in [2.75, 3.05) is 7.11 Å². The SMILES string of the molecule is COc1ccc2c(c1)[nH]c1c(=O)n(/N=C\c3ccc(Cl)cc3)cnc12. The molecule has 7 heteroatoms. The van der Waals surface area contributed by atoms with Gasteiger partial charge in [-0.25, -0.2) is 4.98 Å². The number of hydrogen-bond donors (Lipinski definition) is 1. The van der Waals surface area contributed by atoms with Crippen molar-refractivity contribution in [1.29, 1.82) is 0 Å². The molecule has 0 amide bonds. The molecule has 124 valence electrons. The average Bonchev–Trinajstić information content (AvgIpc) is 3.01. The van der Waals surface area contributed by atoms with Gasteiger partial charge < -0.3 is 9.72 Å². The molecule has 0 bridgehead atoms. The molecule has 0 aliphatic carbocycles. The van der Waals surface area contributed by atoms with E-state index < -0.39 is 0 Å². The van der Waals surface area contributed by atoms with Crippen LogP contribution >= 0.6 is 11.6 Å². The van der Waals surface area contributed by atoms with Crippen molar-refractivity contribution in [2.24, 2.45) is 5.10 Å². The number of fused-ring (bicyclic) bond motifs is 3. The van der Waals surface area contributed by atoms with Crippen molar-refractivity contribution < 1.29 is 4.74 Å². The van der Waals surface area contributed by atoms with Crippen LogP contribution in [-0.4, -0.2) is 28.0 Å². The predicted molar refractivity (Wildman–Crippen MR) is 98.9 cm³/mol. The Hall–Kier alpha value is -3.12. The van der Waals surface area contributed by atoms with Crippen LogP contribution in [0.15, 0.2) is 58.7 Å². The van der Waals surface area contributed by atoms with Gasteiger partial charge in [-0.3, -0.25) is 4.79 Å². The lowest BCUT2D eigenvalue weighted by Crippen LogP contribution is -2.17. The highest BCUT2D eigenvalue weighted by atomic mass is 35.5. The fraction of sp³-hybridized carbons (Fsp3) is 0.0556. The van der Waals surface area contributed by atoms with E-state index in [2.05, 4.69) is 15.1 Å². The quantitative estimate of drug-likeness (QED) is 0.574. The summed E-state index contributed by atoms with van der Waals surface area (Å²) >= 11 is 5.86. The smallest absolute Gasteiger partial charge is 0.298 e. The Balaban J connectivity index is 1.80. The Morgan fingerprint density at radius 2 is 2.04 bits per heavy atom. The van der Waals surface area contributed by atoms with Crippen molar-refractivity contribution in [3.05, 3.63) is 69.7 Å². The lowest BCUT2D eigenvalue weighted by atomic mass is 10.2. The zero-order valence-electron chi connectivity index (χ0n) is 13.2. The Labute approximate surface area is 147 Å². The minimum atomic E-state index is -0.273. The van der Waals surface area contributed by atoms with Gasteiger partial charge >= 0.3 is 0 Å². The molecule has 4 rings (SSSR count). The third-order valence-corrected chi connectivity index (χ3v) is 4.15. The first-order valence-electron chi connectivity index (χ1n) is 7.53. The maximum absolute atomic E-state index is 12.7. The van der Waals surface area contributed by atoms with Gasteiger partial charge in [0.25, 0.3) is 5.56 Å². The molecule has 2 aromatic heterocycles. The first kappa shape index (κ1) is 15.4. The Kier molecular flexibility index (Phi) is 3.74. The molecule has 0 aliphatic rings. The first-order valence-corrected chi connectivity index (χ1v) is 7.90. The Bertz CT molecular complexity index is 1160. The molecule has 0 aliphatic heterocycles. The molecule has 2 heterocycles. The topological polar surface area (TPSA) is 72.3 Å². The number of halogens is 1. The second-order valence-electron chi connectivity index (χ2n) is 5.45. The summed E-state index contributed by atoms with van der Waals surface area (Å²) in [5, 5.41) is 5.70. The van der Waals surface area contributed by atoms with Crippen molar-refractivity contribution in [3.8, 4) is 5.75 Å². The molecule has 0 saturated carbocycles. The molecule has 0 spiro atoms. The van der Waals surface area contributed by atoms with Crippen LogP contribution in [0, 0.1) is 0 Å². The molecule has 4 aromatic rings. The van der Waals surface area contributed by atoms with Gasteiger partial charge in [0.05, 0.1) is 18.8 Å². The number of nitrogens with zero attached hydrogens (tertiary/aromatic N) is 3. The number of rotatable bonds is 3.